The van der Waals surface area contributed by atoms with E-state index in [9.17, 15) is 9.90 Å². The summed E-state index contributed by atoms with van der Waals surface area (Å²) in [7, 11) is 0. The van der Waals surface area contributed by atoms with Gasteiger partial charge in [0, 0.05) is 41.7 Å². The number of Topliss-reactive ketones (excluding diaryl/α,β-unsaturated/α-hetero) is 1. The normalized spacial score (nSPS) is 16.4. The van der Waals surface area contributed by atoms with E-state index in [0.717, 1.165) is 80.0 Å². The van der Waals surface area contributed by atoms with Gasteiger partial charge in [0.15, 0.2) is 5.71 Å². The van der Waals surface area contributed by atoms with Gasteiger partial charge in [-0.25, -0.2) is 0 Å². The number of allylic oxidation sites excluding steroid dienone is 3. The molecule has 1 N–H and O–H groups in total. The molecule has 42 heavy (non-hydrogen) atoms. The largest absolute Gasteiger partial charge is 0.506 e. The Morgan fingerprint density at radius 3 is 1.93 bits per heavy atom. The van der Waals surface area contributed by atoms with Crippen LogP contribution in [0.25, 0.3) is 44.3 Å². The van der Waals surface area contributed by atoms with Crippen molar-refractivity contribution in [1.29, 1.82) is 0 Å². The van der Waals surface area contributed by atoms with E-state index in [4.69, 9.17) is 0 Å². The van der Waals surface area contributed by atoms with Gasteiger partial charge < -0.3 is 9.67 Å². The maximum absolute atomic E-state index is 14.2. The number of benzene rings is 4. The number of carbonyl (C=O) groups is 1. The molecule has 0 saturated carbocycles. The minimum Gasteiger partial charge on any atom is -0.506 e. The molecular formula is C38H33N2O2+. The van der Waals surface area contributed by atoms with Crippen molar-refractivity contribution in [3.8, 4) is 22.3 Å². The van der Waals surface area contributed by atoms with Crippen LogP contribution in [0.1, 0.15) is 37.6 Å². The van der Waals surface area contributed by atoms with E-state index in [1.807, 2.05) is 50.2 Å². The van der Waals surface area contributed by atoms with Gasteiger partial charge in [0.05, 0.1) is 22.3 Å². The van der Waals surface area contributed by atoms with Gasteiger partial charge in [0.1, 0.15) is 12.3 Å². The molecule has 2 aliphatic rings. The molecule has 0 atom stereocenters. The second-order valence-electron chi connectivity index (χ2n) is 11.0. The number of aliphatic hydroxyl groups is 1. The molecule has 1 aliphatic heterocycles. The molecular weight excluding hydrogens is 516 g/mol. The summed E-state index contributed by atoms with van der Waals surface area (Å²) in [6.45, 7) is 9.88. The zero-order chi connectivity index (χ0) is 29.1. The van der Waals surface area contributed by atoms with Crippen LogP contribution in [0.15, 0.2) is 108 Å². The highest BCUT2D eigenvalue weighted by Gasteiger charge is 2.44. The number of aryl methyl sites for hydroxylation is 1. The minimum atomic E-state index is -0.0979. The van der Waals surface area contributed by atoms with Crippen molar-refractivity contribution in [2.24, 2.45) is 0 Å². The second kappa shape index (κ2) is 9.85. The van der Waals surface area contributed by atoms with Crippen LogP contribution in [0.4, 0.5) is 5.69 Å². The Hall–Kier alpha value is -4.96. The van der Waals surface area contributed by atoms with Gasteiger partial charge in [0.25, 0.3) is 0 Å². The van der Waals surface area contributed by atoms with Gasteiger partial charge in [0.2, 0.25) is 11.5 Å². The Morgan fingerprint density at radius 1 is 0.714 bits per heavy atom. The van der Waals surface area contributed by atoms with Crippen LogP contribution in [0, 0.1) is 6.92 Å². The van der Waals surface area contributed by atoms with E-state index in [1.54, 1.807) is 0 Å². The van der Waals surface area contributed by atoms with Gasteiger partial charge in [-0.2, -0.15) is 4.58 Å². The summed E-state index contributed by atoms with van der Waals surface area (Å²) in [4.78, 5) is 14.2. The smallest absolute Gasteiger partial charge is 0.213 e. The van der Waals surface area contributed by atoms with E-state index < -0.39 is 0 Å². The maximum atomic E-state index is 14.2. The molecule has 2 heterocycles. The van der Waals surface area contributed by atoms with Crippen LogP contribution in [0.2, 0.25) is 0 Å². The average Bonchev–Trinajstić information content (AvgIpc) is 3.46. The summed E-state index contributed by atoms with van der Waals surface area (Å²) in [5.74, 6) is -0.00836. The number of aromatic nitrogens is 1. The number of hydrogen-bond acceptors (Lipinski definition) is 2. The number of aliphatic hydroxyl groups excluding tert-OH is 1. The number of ketones is 1. The quantitative estimate of drug-likeness (QED) is 0.176. The summed E-state index contributed by atoms with van der Waals surface area (Å²) in [6, 6.07) is 33.4. The molecule has 7 rings (SSSR count). The molecule has 1 aliphatic carbocycles. The zero-order valence-electron chi connectivity index (χ0n) is 24.4. The molecule has 4 nitrogen and oxygen atoms in total. The first kappa shape index (κ1) is 26.0. The van der Waals surface area contributed by atoms with Crippen LogP contribution >= 0.6 is 0 Å². The molecule has 1 aromatic heterocycles. The molecule has 5 aromatic rings. The van der Waals surface area contributed by atoms with Gasteiger partial charge in [-0.15, -0.1) is 0 Å². The lowest BCUT2D eigenvalue weighted by Crippen LogP contribution is -2.24. The topological polar surface area (TPSA) is 45.2 Å². The van der Waals surface area contributed by atoms with Crippen LogP contribution in [0.3, 0.4) is 0 Å². The first-order chi connectivity index (χ1) is 20.4. The Bertz CT molecular complexity index is 2020. The van der Waals surface area contributed by atoms with Crippen molar-refractivity contribution in [3.63, 3.8) is 0 Å². The Morgan fingerprint density at radius 2 is 1.33 bits per heavy atom. The maximum Gasteiger partial charge on any atom is 0.213 e. The van der Waals surface area contributed by atoms with Gasteiger partial charge in [-0.05, 0) is 67.3 Å². The monoisotopic (exact) mass is 549 g/mol. The number of nitrogens with zero attached hydrogens (tertiary/aromatic N) is 2. The van der Waals surface area contributed by atoms with E-state index in [0.29, 0.717) is 11.1 Å². The summed E-state index contributed by atoms with van der Waals surface area (Å²) in [5.41, 5.74) is 12.0. The molecule has 0 unspecified atom stereocenters. The first-order valence-corrected chi connectivity index (χ1v) is 14.7. The minimum absolute atomic E-state index is 0.0896. The third-order valence-electron chi connectivity index (χ3n) is 8.92. The van der Waals surface area contributed by atoms with Crippen molar-refractivity contribution < 1.29 is 14.5 Å². The third-order valence-corrected chi connectivity index (χ3v) is 8.92. The van der Waals surface area contributed by atoms with Gasteiger partial charge in [-0.3, -0.25) is 4.79 Å². The van der Waals surface area contributed by atoms with Crippen LogP contribution in [0.5, 0.6) is 0 Å². The average molecular weight is 550 g/mol. The fourth-order valence-electron chi connectivity index (χ4n) is 6.90. The summed E-state index contributed by atoms with van der Waals surface area (Å²) in [6.07, 6.45) is 0. The highest BCUT2D eigenvalue weighted by molar-refractivity contribution is 6.47. The van der Waals surface area contributed by atoms with Crippen molar-refractivity contribution in [3.05, 3.63) is 125 Å². The molecule has 0 bridgehead atoms. The van der Waals surface area contributed by atoms with Crippen LogP contribution in [-0.2, 0) is 11.3 Å². The summed E-state index contributed by atoms with van der Waals surface area (Å²) >= 11 is 0. The van der Waals surface area contributed by atoms with E-state index >= 15 is 0 Å². The first-order valence-electron chi connectivity index (χ1n) is 14.7. The van der Waals surface area contributed by atoms with Gasteiger partial charge in [-0.1, -0.05) is 66.7 Å². The predicted molar refractivity (Wildman–Crippen MR) is 172 cm³/mol. The molecule has 0 saturated heterocycles. The van der Waals surface area contributed by atoms with E-state index in [-0.39, 0.29) is 11.5 Å². The lowest BCUT2D eigenvalue weighted by Gasteiger charge is -2.23. The van der Waals surface area contributed by atoms with Crippen LogP contribution in [-0.4, -0.2) is 32.3 Å². The van der Waals surface area contributed by atoms with Crippen molar-refractivity contribution in [2.45, 2.75) is 34.2 Å². The highest BCUT2D eigenvalue weighted by Crippen LogP contribution is 2.48. The Balaban J connectivity index is 1.44. The SMILES string of the molecule is CCn1c(C)c(C2=C(O)/C(=C3/C(C)=[N+](CC)c4ccc(-c5ccccc5)cc43)C2=O)c2cc(-c3ccccc3)ccc21. The third kappa shape index (κ3) is 3.68. The predicted octanol–water partition coefficient (Wildman–Crippen LogP) is 8.75. The fraction of sp³-hybridized carbons (Fsp3) is 0.158. The van der Waals surface area contributed by atoms with Crippen molar-refractivity contribution in [1.82, 2.24) is 4.57 Å². The molecule has 0 spiro atoms. The Kier molecular flexibility index (Phi) is 6.09. The summed E-state index contributed by atoms with van der Waals surface area (Å²) < 4.78 is 4.46. The number of fused-ring (bicyclic) bond motifs is 2. The molecule has 0 radical (unpaired) electrons. The van der Waals surface area contributed by atoms with E-state index in [2.05, 4.69) is 83.7 Å². The fourth-order valence-corrected chi connectivity index (χ4v) is 6.90. The van der Waals surface area contributed by atoms with E-state index in [1.165, 1.54) is 0 Å². The van der Waals surface area contributed by atoms with Crippen molar-refractivity contribution >= 4 is 39.2 Å². The molecule has 0 amide bonds. The number of carbonyl (C=O) groups excluding carboxylic acids is 1. The number of rotatable bonds is 5. The van der Waals surface area contributed by atoms with Crippen LogP contribution < -0.4 is 0 Å². The molecule has 4 aromatic carbocycles. The zero-order valence-corrected chi connectivity index (χ0v) is 24.4. The molecule has 4 heteroatoms. The standard InChI is InChI=1S/C38H32N2O2/c1-5-39-23(3)33(29-21-27(17-19-31(29)39)25-13-9-7-10-14-25)35-37(41)36(38(35)42)34-24(4)40(6-2)32-20-18-28(22-30(32)34)26-15-11-8-12-16-26/h7-22H,5-6H2,1-4H3/p+1. The van der Waals surface area contributed by atoms with Gasteiger partial charge >= 0.3 is 0 Å². The molecule has 206 valence electrons. The summed E-state index contributed by atoms with van der Waals surface area (Å²) in [5, 5.41) is 12.7. The second-order valence-corrected chi connectivity index (χ2v) is 11.0. The highest BCUT2D eigenvalue weighted by atomic mass is 16.3. The molecule has 0 fully saturated rings. The lowest BCUT2D eigenvalue weighted by molar-refractivity contribution is -0.432. The number of hydrogen-bond donors (Lipinski definition) is 1. The Labute approximate surface area is 246 Å². The lowest BCUT2D eigenvalue weighted by atomic mass is 9.77. The van der Waals surface area contributed by atoms with Crippen molar-refractivity contribution in [2.75, 3.05) is 6.54 Å².